The van der Waals surface area contributed by atoms with E-state index in [1.165, 1.54) is 24.3 Å². The van der Waals surface area contributed by atoms with E-state index in [9.17, 15) is 86.2 Å². The van der Waals surface area contributed by atoms with Gasteiger partial charge in [0.25, 0.3) is 11.6 Å². The average molecular weight is 932 g/mol. The maximum Gasteiger partial charge on any atom is 0.364 e. The molecule has 0 radical (unpaired) electrons. The van der Waals surface area contributed by atoms with Crippen LogP contribution in [0.25, 0.3) is 0 Å². The molecule has 0 spiro atoms. The second kappa shape index (κ2) is 21.2. The Morgan fingerprint density at radius 2 is 1.22 bits per heavy atom. The Morgan fingerprint density at radius 3 is 1.75 bits per heavy atom. The summed E-state index contributed by atoms with van der Waals surface area (Å²) in [6, 6.07) is 2.40. The van der Waals surface area contributed by atoms with Crippen molar-refractivity contribution in [3.8, 4) is 5.75 Å². The number of ether oxygens (including phenoxy) is 8. The summed E-state index contributed by atoms with van der Waals surface area (Å²) in [6.45, 7) is -4.37. The molecule has 4 aliphatic rings. The van der Waals surface area contributed by atoms with Gasteiger partial charge in [-0.1, -0.05) is 0 Å². The molecule has 1 aromatic carbocycles. The first-order chi connectivity index (χ1) is 30.1. The SMILES string of the molecule is Nc1ccc(OC2OC(CO)C(OC3OC(CO)C(O)C(OC4(C(=O)O)CC(O)C(N)C([C@H](O)C(CO)OC5(C(=O)O)CC(O)C(N)C([C@H](O)[C@H](O)CO)O5)O4)C3O)C(O)C2O)cc1. The van der Waals surface area contributed by atoms with Gasteiger partial charge in [0.1, 0.15) is 91.2 Å². The van der Waals surface area contributed by atoms with Crippen LogP contribution in [0.15, 0.2) is 24.3 Å². The monoisotopic (exact) mass is 931 g/mol. The summed E-state index contributed by atoms with van der Waals surface area (Å²) >= 11 is 0. The number of carbonyl (C=O) groups is 2. The lowest BCUT2D eigenvalue weighted by molar-refractivity contribution is -0.386. The second-order valence-corrected chi connectivity index (χ2v) is 15.8. The third-order valence-electron chi connectivity index (χ3n) is 11.5. The Balaban J connectivity index is 1.38. The third kappa shape index (κ3) is 10.5. The standard InChI is InChI=1S/C36H57N3O25/c37-11-1-3-12(4-2-11)57-31-25(51)24(50)27(18(10-43)59-31)60-32-26(52)30(22(48)16(8-41)58-32)64-36(34(55)56)6-14(45)20(39)29(63-36)23(49)17(9-42)61-35(33(53)54)5-13(44)19(38)28(62-35)21(47)15(46)7-40/h1-4,13-32,40-52H,5-10,37-39H2,(H,53,54)(H,55,56)/t13?,14?,15-,16?,17?,18?,19?,20?,21-,22?,23-,24?,25?,26?,27?,28?,29?,30?,31?,32?,35?,36?/m1/s1. The third-order valence-corrected chi connectivity index (χ3v) is 11.5. The zero-order valence-corrected chi connectivity index (χ0v) is 33.6. The average Bonchev–Trinajstić information content (AvgIpc) is 3.26. The molecule has 21 N–H and O–H groups in total. The number of carboxylic acid groups (broad SMARTS) is 2. The van der Waals surface area contributed by atoms with E-state index in [2.05, 4.69) is 0 Å². The van der Waals surface area contributed by atoms with Crippen LogP contribution >= 0.6 is 0 Å². The Bertz CT molecular complexity index is 1690. The summed E-state index contributed by atoms with van der Waals surface area (Å²) in [5, 5.41) is 159. The summed E-state index contributed by atoms with van der Waals surface area (Å²) in [5.41, 5.74) is 18.0. The Kier molecular flexibility index (Phi) is 17.2. The lowest BCUT2D eigenvalue weighted by atomic mass is 9.87. The number of hydrogen-bond donors (Lipinski definition) is 18. The van der Waals surface area contributed by atoms with Gasteiger partial charge in [-0.15, -0.1) is 0 Å². The van der Waals surface area contributed by atoms with Gasteiger partial charge in [-0.2, -0.15) is 0 Å². The number of aliphatic carboxylic acids is 2. The van der Waals surface area contributed by atoms with Gasteiger partial charge in [-0.3, -0.25) is 0 Å². The lowest BCUT2D eigenvalue weighted by Crippen LogP contribution is -2.71. The topological polar surface area (TPSA) is 489 Å². The minimum atomic E-state index is -3.23. The van der Waals surface area contributed by atoms with E-state index in [-0.39, 0.29) is 5.75 Å². The summed E-state index contributed by atoms with van der Waals surface area (Å²) in [6.07, 6.45) is -38.4. The minimum absolute atomic E-state index is 0.142. The molecule has 0 aliphatic carbocycles. The van der Waals surface area contributed by atoms with Crippen molar-refractivity contribution < 1.29 is 124 Å². The van der Waals surface area contributed by atoms with Crippen LogP contribution in [0.2, 0.25) is 0 Å². The predicted octanol–water partition coefficient (Wildman–Crippen LogP) is -9.74. The van der Waals surface area contributed by atoms with Gasteiger partial charge in [-0.25, -0.2) is 9.59 Å². The van der Waals surface area contributed by atoms with Crippen LogP contribution in [0.4, 0.5) is 5.69 Å². The van der Waals surface area contributed by atoms with E-state index in [1.54, 1.807) is 0 Å². The van der Waals surface area contributed by atoms with Crippen molar-refractivity contribution in [3.05, 3.63) is 24.3 Å². The molecule has 0 saturated carbocycles. The molecule has 4 aliphatic heterocycles. The molecule has 64 heavy (non-hydrogen) atoms. The highest BCUT2D eigenvalue weighted by Gasteiger charge is 2.61. The first-order valence-corrected chi connectivity index (χ1v) is 19.8. The van der Waals surface area contributed by atoms with Gasteiger partial charge in [0.15, 0.2) is 6.29 Å². The number of anilines is 1. The van der Waals surface area contributed by atoms with E-state index < -0.39 is 185 Å². The maximum atomic E-state index is 13.1. The van der Waals surface area contributed by atoms with E-state index in [4.69, 9.17) is 55.1 Å². The molecule has 28 heteroatoms. The highest BCUT2D eigenvalue weighted by Crippen LogP contribution is 2.40. The zero-order valence-electron chi connectivity index (χ0n) is 33.6. The van der Waals surface area contributed by atoms with Crippen LogP contribution in [0.1, 0.15) is 12.8 Å². The number of rotatable bonds is 18. The molecule has 366 valence electrons. The summed E-state index contributed by atoms with van der Waals surface area (Å²) < 4.78 is 44.7. The van der Waals surface area contributed by atoms with Gasteiger partial charge < -0.3 is 132 Å². The van der Waals surface area contributed by atoms with Gasteiger partial charge >= 0.3 is 11.9 Å². The van der Waals surface area contributed by atoms with Gasteiger partial charge in [0, 0.05) is 18.5 Å². The first-order valence-electron chi connectivity index (χ1n) is 19.8. The number of carboxylic acids is 2. The van der Waals surface area contributed by atoms with Crippen molar-refractivity contribution in [2.24, 2.45) is 11.5 Å². The van der Waals surface area contributed by atoms with Gasteiger partial charge in [-0.05, 0) is 24.3 Å². The molecule has 19 unspecified atom stereocenters. The number of nitrogens with two attached hydrogens (primary N) is 3. The quantitative estimate of drug-likeness (QED) is 0.0608. The van der Waals surface area contributed by atoms with Crippen molar-refractivity contribution in [2.45, 2.75) is 147 Å². The Morgan fingerprint density at radius 1 is 0.688 bits per heavy atom. The van der Waals surface area contributed by atoms with Crippen LogP contribution in [0.3, 0.4) is 0 Å². The van der Waals surface area contributed by atoms with Crippen LogP contribution < -0.4 is 21.9 Å². The van der Waals surface area contributed by atoms with E-state index in [0.29, 0.717) is 5.69 Å². The fraction of sp³-hybridized carbons (Fsp3) is 0.778. The minimum Gasteiger partial charge on any atom is -0.477 e. The zero-order chi connectivity index (χ0) is 47.6. The van der Waals surface area contributed by atoms with Crippen LogP contribution in [0, 0.1) is 0 Å². The van der Waals surface area contributed by atoms with Crippen LogP contribution in [0.5, 0.6) is 5.75 Å². The van der Waals surface area contributed by atoms with Gasteiger partial charge in [0.05, 0.1) is 50.7 Å². The number of hydrogen-bond acceptors (Lipinski definition) is 26. The van der Waals surface area contributed by atoms with Crippen LogP contribution in [-0.2, 0) is 42.7 Å². The Hall–Kier alpha value is -3.12. The smallest absolute Gasteiger partial charge is 0.364 e. The molecule has 22 atom stereocenters. The van der Waals surface area contributed by atoms with Crippen molar-refractivity contribution in [2.75, 3.05) is 32.2 Å². The highest BCUT2D eigenvalue weighted by molar-refractivity contribution is 5.76. The fourth-order valence-electron chi connectivity index (χ4n) is 7.75. The molecular formula is C36H57N3O25. The van der Waals surface area contributed by atoms with Crippen molar-refractivity contribution in [3.63, 3.8) is 0 Å². The Labute approximate surface area is 362 Å². The number of aliphatic hydroxyl groups is 13. The second-order valence-electron chi connectivity index (χ2n) is 15.8. The van der Waals surface area contributed by atoms with Crippen molar-refractivity contribution in [1.82, 2.24) is 0 Å². The summed E-state index contributed by atoms with van der Waals surface area (Å²) in [7, 11) is 0. The molecule has 0 aromatic heterocycles. The van der Waals surface area contributed by atoms with Crippen molar-refractivity contribution in [1.29, 1.82) is 0 Å². The fourth-order valence-corrected chi connectivity index (χ4v) is 7.75. The molecule has 4 saturated heterocycles. The van der Waals surface area contributed by atoms with E-state index in [0.717, 1.165) is 0 Å². The molecular weight excluding hydrogens is 874 g/mol. The predicted molar refractivity (Wildman–Crippen MR) is 201 cm³/mol. The van der Waals surface area contributed by atoms with Crippen molar-refractivity contribution >= 4 is 17.6 Å². The number of nitrogen functional groups attached to an aromatic ring is 1. The van der Waals surface area contributed by atoms with Crippen LogP contribution in [-0.4, -0.2) is 249 Å². The largest absolute Gasteiger partial charge is 0.477 e. The maximum absolute atomic E-state index is 13.1. The summed E-state index contributed by atoms with van der Waals surface area (Å²) in [5.74, 6) is -10.3. The van der Waals surface area contributed by atoms with E-state index >= 15 is 0 Å². The van der Waals surface area contributed by atoms with Gasteiger partial charge in [0.2, 0.25) is 6.29 Å². The first kappa shape index (κ1) is 51.9. The molecule has 4 fully saturated rings. The molecule has 0 bridgehead atoms. The molecule has 1 aromatic rings. The van der Waals surface area contributed by atoms with E-state index in [1.807, 2.05) is 0 Å². The lowest BCUT2D eigenvalue weighted by Gasteiger charge is -2.51. The molecule has 4 heterocycles. The molecule has 5 rings (SSSR count). The number of benzene rings is 1. The normalized spacial score (nSPS) is 42.5. The number of aliphatic hydroxyl groups excluding tert-OH is 13. The molecule has 0 amide bonds. The molecule has 28 nitrogen and oxygen atoms in total. The highest BCUT2D eigenvalue weighted by atomic mass is 16.8. The summed E-state index contributed by atoms with van der Waals surface area (Å²) in [4.78, 5) is 25.7.